The van der Waals surface area contributed by atoms with Gasteiger partial charge in [0.15, 0.2) is 0 Å². The van der Waals surface area contributed by atoms with E-state index in [2.05, 4.69) is 5.32 Å². The summed E-state index contributed by atoms with van der Waals surface area (Å²) in [5.74, 6) is -0.442. The average Bonchev–Trinajstić information content (AvgIpc) is 2.44. The van der Waals surface area contributed by atoms with E-state index in [1.807, 2.05) is 31.2 Å². The number of nitrogens with zero attached hydrogens (tertiary/aromatic N) is 1. The molecule has 21 heavy (non-hydrogen) atoms. The lowest BCUT2D eigenvalue weighted by Gasteiger charge is -2.05. The van der Waals surface area contributed by atoms with E-state index >= 15 is 0 Å². The van der Waals surface area contributed by atoms with Crippen molar-refractivity contribution in [1.82, 2.24) is 0 Å². The van der Waals surface area contributed by atoms with Gasteiger partial charge in [0.2, 0.25) is 0 Å². The van der Waals surface area contributed by atoms with Gasteiger partial charge in [-0.3, -0.25) is 4.79 Å². The summed E-state index contributed by atoms with van der Waals surface area (Å²) in [6.07, 6.45) is 1.51. The van der Waals surface area contributed by atoms with E-state index in [0.717, 1.165) is 5.56 Å². The molecule has 0 aromatic heterocycles. The Bertz CT molecular complexity index is 744. The van der Waals surface area contributed by atoms with Crippen molar-refractivity contribution in [2.75, 3.05) is 5.32 Å². The molecule has 2 rings (SSSR count). The Morgan fingerprint density at radius 2 is 2.00 bits per heavy atom. The summed E-state index contributed by atoms with van der Waals surface area (Å²) < 4.78 is 0. The van der Waals surface area contributed by atoms with E-state index < -0.39 is 5.91 Å². The fourth-order valence-corrected chi connectivity index (χ4v) is 2.03. The summed E-state index contributed by atoms with van der Waals surface area (Å²) in [6.45, 7) is 1.93. The number of anilines is 1. The highest BCUT2D eigenvalue weighted by Crippen LogP contribution is 2.15. The minimum Gasteiger partial charge on any atom is -0.321 e. The van der Waals surface area contributed by atoms with E-state index in [9.17, 15) is 4.79 Å². The van der Waals surface area contributed by atoms with Gasteiger partial charge in [0, 0.05) is 10.7 Å². The largest absolute Gasteiger partial charge is 0.321 e. The summed E-state index contributed by atoms with van der Waals surface area (Å²) in [7, 11) is 0. The lowest BCUT2D eigenvalue weighted by atomic mass is 10.1. The van der Waals surface area contributed by atoms with Gasteiger partial charge in [0.1, 0.15) is 11.6 Å². The van der Waals surface area contributed by atoms with Crippen molar-refractivity contribution < 1.29 is 4.79 Å². The number of hydrogen-bond acceptors (Lipinski definition) is 2. The highest BCUT2D eigenvalue weighted by atomic mass is 35.5. The van der Waals surface area contributed by atoms with Crippen LogP contribution in [0.5, 0.6) is 0 Å². The van der Waals surface area contributed by atoms with Gasteiger partial charge in [-0.1, -0.05) is 35.9 Å². The van der Waals surface area contributed by atoms with Gasteiger partial charge in [-0.25, -0.2) is 0 Å². The lowest BCUT2D eigenvalue weighted by molar-refractivity contribution is -0.112. The lowest BCUT2D eigenvalue weighted by Crippen LogP contribution is -2.13. The number of carbonyl (C=O) groups excluding carboxylic acids is 1. The molecule has 0 aliphatic heterocycles. The number of benzene rings is 2. The topological polar surface area (TPSA) is 52.9 Å². The molecule has 104 valence electrons. The maximum atomic E-state index is 12.1. The zero-order valence-corrected chi connectivity index (χ0v) is 12.2. The highest BCUT2D eigenvalue weighted by molar-refractivity contribution is 6.30. The smallest absolute Gasteiger partial charge is 0.266 e. The number of amides is 1. The maximum Gasteiger partial charge on any atom is 0.266 e. The molecule has 3 nitrogen and oxygen atoms in total. The van der Waals surface area contributed by atoms with Crippen LogP contribution in [0.4, 0.5) is 5.69 Å². The van der Waals surface area contributed by atoms with Crippen LogP contribution >= 0.6 is 11.6 Å². The Kier molecular flexibility index (Phi) is 4.76. The van der Waals surface area contributed by atoms with Crippen LogP contribution in [0.25, 0.3) is 6.08 Å². The molecule has 0 saturated heterocycles. The second-order valence-electron chi connectivity index (χ2n) is 4.55. The quantitative estimate of drug-likeness (QED) is 0.682. The van der Waals surface area contributed by atoms with Crippen molar-refractivity contribution in [2.45, 2.75) is 6.92 Å². The van der Waals surface area contributed by atoms with Gasteiger partial charge in [-0.05, 0) is 48.4 Å². The van der Waals surface area contributed by atoms with Crippen molar-refractivity contribution >= 4 is 29.3 Å². The first-order valence-electron chi connectivity index (χ1n) is 6.34. The van der Waals surface area contributed by atoms with Crippen molar-refractivity contribution in [3.05, 3.63) is 70.3 Å². The number of nitriles is 1. The molecule has 0 saturated carbocycles. The second kappa shape index (κ2) is 6.74. The normalized spacial score (nSPS) is 10.8. The van der Waals surface area contributed by atoms with Crippen LogP contribution in [0.3, 0.4) is 0 Å². The Morgan fingerprint density at radius 1 is 1.24 bits per heavy atom. The molecule has 0 bridgehead atoms. The second-order valence-corrected chi connectivity index (χ2v) is 4.98. The van der Waals surface area contributed by atoms with E-state index in [4.69, 9.17) is 16.9 Å². The SMILES string of the molecule is Cc1cccc(NC(=O)/C(C#N)=C/c2cccc(Cl)c2)c1. The minimum atomic E-state index is -0.442. The van der Waals surface area contributed by atoms with E-state index in [-0.39, 0.29) is 5.57 Å². The summed E-state index contributed by atoms with van der Waals surface area (Å²) in [5.41, 5.74) is 2.43. The maximum absolute atomic E-state index is 12.1. The van der Waals surface area contributed by atoms with Gasteiger partial charge in [0.05, 0.1) is 0 Å². The molecule has 0 aliphatic rings. The van der Waals surface area contributed by atoms with Crippen LogP contribution in [0, 0.1) is 18.3 Å². The monoisotopic (exact) mass is 296 g/mol. The van der Waals surface area contributed by atoms with Crippen molar-refractivity contribution in [3.8, 4) is 6.07 Å². The average molecular weight is 297 g/mol. The highest BCUT2D eigenvalue weighted by Gasteiger charge is 2.09. The Morgan fingerprint density at radius 3 is 2.67 bits per heavy atom. The molecule has 0 unspecified atom stereocenters. The summed E-state index contributed by atoms with van der Waals surface area (Å²) in [4.78, 5) is 12.1. The molecule has 0 spiro atoms. The summed E-state index contributed by atoms with van der Waals surface area (Å²) >= 11 is 5.89. The molecule has 0 aliphatic carbocycles. The third-order valence-corrected chi connectivity index (χ3v) is 3.04. The molecular formula is C17H13ClN2O. The zero-order chi connectivity index (χ0) is 15.2. The molecule has 0 fully saturated rings. The predicted molar refractivity (Wildman–Crippen MR) is 84.9 cm³/mol. The van der Waals surface area contributed by atoms with Gasteiger partial charge in [-0.15, -0.1) is 0 Å². The van der Waals surface area contributed by atoms with Crippen LogP contribution in [-0.2, 0) is 4.79 Å². The van der Waals surface area contributed by atoms with Gasteiger partial charge in [-0.2, -0.15) is 5.26 Å². The van der Waals surface area contributed by atoms with Crippen molar-refractivity contribution in [1.29, 1.82) is 5.26 Å². The molecule has 0 heterocycles. The molecule has 1 amide bonds. The standard InChI is InChI=1S/C17H13ClN2O/c1-12-4-2-7-16(8-12)20-17(21)14(11-19)9-13-5-3-6-15(18)10-13/h2-10H,1H3,(H,20,21)/b14-9+. The summed E-state index contributed by atoms with van der Waals surface area (Å²) in [5, 5.41) is 12.4. The first-order valence-corrected chi connectivity index (χ1v) is 6.71. The van der Waals surface area contributed by atoms with Crippen LogP contribution in [-0.4, -0.2) is 5.91 Å². The van der Waals surface area contributed by atoms with Crippen molar-refractivity contribution in [2.24, 2.45) is 0 Å². The molecule has 1 N–H and O–H groups in total. The number of carbonyl (C=O) groups is 1. The van der Waals surface area contributed by atoms with Crippen LogP contribution in [0.15, 0.2) is 54.1 Å². The fourth-order valence-electron chi connectivity index (χ4n) is 1.83. The van der Waals surface area contributed by atoms with Gasteiger partial charge < -0.3 is 5.32 Å². The minimum absolute atomic E-state index is 0.0266. The van der Waals surface area contributed by atoms with Crippen LogP contribution < -0.4 is 5.32 Å². The molecule has 2 aromatic rings. The predicted octanol–water partition coefficient (Wildman–Crippen LogP) is 4.19. The fraction of sp³-hybridized carbons (Fsp3) is 0.0588. The van der Waals surface area contributed by atoms with Crippen molar-refractivity contribution in [3.63, 3.8) is 0 Å². The molecule has 0 atom stereocenters. The number of rotatable bonds is 3. The molecule has 4 heteroatoms. The number of hydrogen-bond donors (Lipinski definition) is 1. The summed E-state index contributed by atoms with van der Waals surface area (Å²) in [6, 6.07) is 16.3. The molecule has 0 radical (unpaired) electrons. The third kappa shape index (κ3) is 4.20. The van der Waals surface area contributed by atoms with Crippen LogP contribution in [0.2, 0.25) is 5.02 Å². The Hall–Kier alpha value is -2.57. The van der Waals surface area contributed by atoms with Gasteiger partial charge >= 0.3 is 0 Å². The number of aryl methyl sites for hydroxylation is 1. The van der Waals surface area contributed by atoms with E-state index in [1.165, 1.54) is 6.08 Å². The van der Waals surface area contributed by atoms with E-state index in [0.29, 0.717) is 16.3 Å². The van der Waals surface area contributed by atoms with E-state index in [1.54, 1.807) is 30.3 Å². The Balaban J connectivity index is 2.21. The van der Waals surface area contributed by atoms with Gasteiger partial charge in [0.25, 0.3) is 5.91 Å². The molecular weight excluding hydrogens is 284 g/mol. The zero-order valence-electron chi connectivity index (χ0n) is 11.4. The molecule has 2 aromatic carbocycles. The first kappa shape index (κ1) is 14.8. The number of nitrogens with one attached hydrogen (secondary N) is 1. The Labute approximate surface area is 128 Å². The third-order valence-electron chi connectivity index (χ3n) is 2.80. The number of halogens is 1. The first-order chi connectivity index (χ1) is 10.1. The van der Waals surface area contributed by atoms with Crippen LogP contribution in [0.1, 0.15) is 11.1 Å².